The fraction of sp³-hybridized carbons (Fsp3) is 0.682. The largest absolute Gasteiger partial charge is 0.366 e. The molecule has 128 valence electrons. The summed E-state index contributed by atoms with van der Waals surface area (Å²) >= 11 is 0. The first-order chi connectivity index (χ1) is 11.4. The molecule has 24 heavy (non-hydrogen) atoms. The lowest BCUT2D eigenvalue weighted by molar-refractivity contribution is -0.320. The van der Waals surface area contributed by atoms with Crippen LogP contribution in [-0.2, 0) is 9.53 Å². The molecule has 4 bridgehead atoms. The standard InChI is InChI=1S/C22H28O2/c1-19-13-16(15-9-5-4-6-10-15)21(3)18(19)17(23)14-22(24-21)12-8-7-11-20(19,22)2/h4-6,9-10,16,18H,7-8,11-14H2,1-3H3/t16-,18?,19-,20?,21?,22?/m1/s1. The molecular formula is C22H28O2. The minimum Gasteiger partial charge on any atom is -0.366 e. The predicted octanol–water partition coefficient (Wildman–Crippen LogP) is 4.88. The minimum atomic E-state index is -0.331. The molecule has 6 atom stereocenters. The predicted molar refractivity (Wildman–Crippen MR) is 93.8 cm³/mol. The van der Waals surface area contributed by atoms with Gasteiger partial charge < -0.3 is 4.74 Å². The number of ether oxygens (including phenoxy) is 1. The molecule has 4 unspecified atom stereocenters. The van der Waals surface area contributed by atoms with Crippen LogP contribution in [0.2, 0.25) is 0 Å². The van der Waals surface area contributed by atoms with E-state index in [9.17, 15) is 4.79 Å². The quantitative estimate of drug-likeness (QED) is 0.736. The highest BCUT2D eigenvalue weighted by atomic mass is 16.5. The molecule has 2 nitrogen and oxygen atoms in total. The van der Waals surface area contributed by atoms with Gasteiger partial charge in [0.15, 0.2) is 0 Å². The van der Waals surface area contributed by atoms with Crippen molar-refractivity contribution in [2.75, 3.05) is 0 Å². The highest BCUT2D eigenvalue weighted by Crippen LogP contribution is 2.78. The first-order valence-corrected chi connectivity index (χ1v) is 9.64. The second-order valence-corrected chi connectivity index (χ2v) is 9.48. The molecule has 1 spiro atoms. The maximum absolute atomic E-state index is 13.2. The van der Waals surface area contributed by atoms with E-state index in [0.29, 0.717) is 18.1 Å². The third-order valence-electron chi connectivity index (χ3n) is 8.70. The van der Waals surface area contributed by atoms with Gasteiger partial charge in [0, 0.05) is 17.8 Å². The highest BCUT2D eigenvalue weighted by molar-refractivity contribution is 5.88. The van der Waals surface area contributed by atoms with Crippen LogP contribution in [0.1, 0.15) is 70.8 Å². The number of Topliss-reactive ketones (excluding diaryl/α,β-unsaturated/α-hetero) is 1. The van der Waals surface area contributed by atoms with E-state index < -0.39 is 0 Å². The summed E-state index contributed by atoms with van der Waals surface area (Å²) in [6.45, 7) is 7.10. The summed E-state index contributed by atoms with van der Waals surface area (Å²) in [4.78, 5) is 13.2. The van der Waals surface area contributed by atoms with Crippen LogP contribution in [0.4, 0.5) is 0 Å². The van der Waals surface area contributed by atoms with Crippen LogP contribution in [0.3, 0.4) is 0 Å². The van der Waals surface area contributed by atoms with Crippen molar-refractivity contribution >= 4 is 5.78 Å². The third kappa shape index (κ3) is 1.43. The summed E-state index contributed by atoms with van der Waals surface area (Å²) < 4.78 is 7.04. The Kier molecular flexibility index (Phi) is 2.73. The Balaban J connectivity index is 1.73. The van der Waals surface area contributed by atoms with E-state index in [-0.39, 0.29) is 27.9 Å². The van der Waals surface area contributed by atoms with Crippen molar-refractivity contribution < 1.29 is 9.53 Å². The van der Waals surface area contributed by atoms with Crippen molar-refractivity contribution in [3.63, 3.8) is 0 Å². The van der Waals surface area contributed by atoms with Gasteiger partial charge in [-0.05, 0) is 37.2 Å². The molecular weight excluding hydrogens is 296 g/mol. The molecule has 2 heteroatoms. The number of ketones is 1. The number of fused-ring (bicyclic) bond motifs is 1. The van der Waals surface area contributed by atoms with Crippen molar-refractivity contribution in [2.24, 2.45) is 16.7 Å². The molecule has 5 fully saturated rings. The summed E-state index contributed by atoms with van der Waals surface area (Å²) in [5.74, 6) is 0.862. The summed E-state index contributed by atoms with van der Waals surface area (Å²) in [6.07, 6.45) is 6.50. The fourth-order valence-electron chi connectivity index (χ4n) is 7.55. The van der Waals surface area contributed by atoms with E-state index in [0.717, 1.165) is 12.8 Å². The average molecular weight is 324 g/mol. The Morgan fingerprint density at radius 3 is 2.50 bits per heavy atom. The maximum atomic E-state index is 13.2. The van der Waals surface area contributed by atoms with Gasteiger partial charge in [-0.1, -0.05) is 57.0 Å². The fourth-order valence-corrected chi connectivity index (χ4v) is 7.55. The molecule has 3 aliphatic carbocycles. The van der Waals surface area contributed by atoms with Gasteiger partial charge in [0.05, 0.1) is 17.1 Å². The van der Waals surface area contributed by atoms with Crippen LogP contribution in [0, 0.1) is 16.7 Å². The van der Waals surface area contributed by atoms with Gasteiger partial charge in [0.1, 0.15) is 5.78 Å². The van der Waals surface area contributed by atoms with E-state index in [1.807, 2.05) is 0 Å². The van der Waals surface area contributed by atoms with Gasteiger partial charge in [-0.2, -0.15) is 0 Å². The van der Waals surface area contributed by atoms with Crippen LogP contribution >= 0.6 is 0 Å². The lowest BCUT2D eigenvalue weighted by Gasteiger charge is -2.70. The molecule has 6 rings (SSSR count). The van der Waals surface area contributed by atoms with Crippen LogP contribution < -0.4 is 0 Å². The lowest BCUT2D eigenvalue weighted by atomic mass is 9.41. The number of benzene rings is 1. The molecule has 0 amide bonds. The average Bonchev–Trinajstić information content (AvgIpc) is 2.77. The van der Waals surface area contributed by atoms with Gasteiger partial charge in [-0.3, -0.25) is 4.79 Å². The van der Waals surface area contributed by atoms with Gasteiger partial charge in [-0.25, -0.2) is 0 Å². The van der Waals surface area contributed by atoms with Gasteiger partial charge in [0.2, 0.25) is 0 Å². The zero-order valence-electron chi connectivity index (χ0n) is 15.1. The third-order valence-corrected chi connectivity index (χ3v) is 8.70. The van der Waals surface area contributed by atoms with Crippen molar-refractivity contribution in [1.82, 2.24) is 0 Å². The van der Waals surface area contributed by atoms with Crippen molar-refractivity contribution in [2.45, 2.75) is 76.4 Å². The molecule has 2 saturated heterocycles. The molecule has 2 aliphatic heterocycles. The summed E-state index contributed by atoms with van der Waals surface area (Å²) in [5, 5.41) is 0. The Hall–Kier alpha value is -1.15. The van der Waals surface area contributed by atoms with Crippen LogP contribution in [0.15, 0.2) is 30.3 Å². The minimum absolute atomic E-state index is 0.0557. The van der Waals surface area contributed by atoms with Gasteiger partial charge in [-0.15, -0.1) is 0 Å². The normalized spacial score (nSPS) is 52.4. The smallest absolute Gasteiger partial charge is 0.142 e. The van der Waals surface area contributed by atoms with E-state index in [1.54, 1.807) is 0 Å². The molecule has 1 aromatic carbocycles. The number of carbonyl (C=O) groups excluding carboxylic acids is 1. The molecule has 5 aliphatic rings. The van der Waals surface area contributed by atoms with E-state index in [1.165, 1.54) is 24.8 Å². The second-order valence-electron chi connectivity index (χ2n) is 9.48. The monoisotopic (exact) mass is 324 g/mol. The van der Waals surface area contributed by atoms with Gasteiger partial charge >= 0.3 is 0 Å². The Morgan fingerprint density at radius 1 is 1.04 bits per heavy atom. The van der Waals surface area contributed by atoms with Crippen molar-refractivity contribution in [3.05, 3.63) is 35.9 Å². The van der Waals surface area contributed by atoms with E-state index >= 15 is 0 Å². The Labute approximate surface area is 145 Å². The second kappa shape index (κ2) is 4.33. The summed E-state index contributed by atoms with van der Waals surface area (Å²) in [6, 6.07) is 10.8. The zero-order chi connectivity index (χ0) is 16.8. The topological polar surface area (TPSA) is 26.3 Å². The Morgan fingerprint density at radius 2 is 1.75 bits per heavy atom. The van der Waals surface area contributed by atoms with E-state index in [4.69, 9.17) is 4.74 Å². The molecule has 1 aromatic rings. The number of carbonyl (C=O) groups is 1. The molecule has 0 aromatic heterocycles. The SMILES string of the molecule is CC12OC34CCCCC3(C)[C@](C)(C[C@@H]1c1ccccc1)C2C(=O)C4. The number of hydrogen-bond donors (Lipinski definition) is 0. The molecule has 3 saturated carbocycles. The molecule has 0 N–H and O–H groups in total. The summed E-state index contributed by atoms with van der Waals surface area (Å²) in [5.41, 5.74) is 1.00. The lowest BCUT2D eigenvalue weighted by Crippen LogP contribution is -2.74. The first-order valence-electron chi connectivity index (χ1n) is 9.64. The first kappa shape index (κ1) is 15.1. The highest BCUT2D eigenvalue weighted by Gasteiger charge is 2.80. The van der Waals surface area contributed by atoms with Crippen molar-refractivity contribution in [1.29, 1.82) is 0 Å². The van der Waals surface area contributed by atoms with Gasteiger partial charge in [0.25, 0.3) is 0 Å². The number of rotatable bonds is 1. The zero-order valence-corrected chi connectivity index (χ0v) is 15.1. The summed E-state index contributed by atoms with van der Waals surface area (Å²) in [7, 11) is 0. The van der Waals surface area contributed by atoms with Crippen molar-refractivity contribution in [3.8, 4) is 0 Å². The number of hydrogen-bond acceptors (Lipinski definition) is 2. The van der Waals surface area contributed by atoms with E-state index in [2.05, 4.69) is 51.1 Å². The molecule has 2 heterocycles. The van der Waals surface area contributed by atoms with Crippen LogP contribution in [-0.4, -0.2) is 17.0 Å². The van der Waals surface area contributed by atoms with Crippen LogP contribution in [0.5, 0.6) is 0 Å². The van der Waals surface area contributed by atoms with Crippen LogP contribution in [0.25, 0.3) is 0 Å². The molecule has 0 radical (unpaired) electrons. The Bertz CT molecular complexity index is 712. The maximum Gasteiger partial charge on any atom is 0.142 e.